The maximum Gasteiger partial charge on any atom is 0.171 e. The molecule has 0 amide bonds. The van der Waals surface area contributed by atoms with Crippen LogP contribution >= 0.6 is 24.2 Å². The van der Waals surface area contributed by atoms with E-state index in [2.05, 4.69) is 46.0 Å². The Kier molecular flexibility index (Phi) is 6.90. The average Bonchev–Trinajstić information content (AvgIpc) is 3.10. The minimum absolute atomic E-state index is 0. The van der Waals surface area contributed by atoms with Gasteiger partial charge in [0.15, 0.2) is 11.6 Å². The Morgan fingerprint density at radius 3 is 2.85 bits per heavy atom. The molecule has 0 aliphatic carbocycles. The summed E-state index contributed by atoms with van der Waals surface area (Å²) in [4.78, 5) is 11.0. The van der Waals surface area contributed by atoms with E-state index in [9.17, 15) is 0 Å². The summed E-state index contributed by atoms with van der Waals surface area (Å²) in [6.07, 6.45) is 3.10. The number of fused-ring (bicyclic) bond motifs is 1. The zero-order valence-corrected chi connectivity index (χ0v) is 17.6. The number of pyridine rings is 1. The molecule has 0 spiro atoms. The molecule has 4 nitrogen and oxygen atoms in total. The summed E-state index contributed by atoms with van der Waals surface area (Å²) in [6.45, 7) is 6.60. The summed E-state index contributed by atoms with van der Waals surface area (Å²) in [5.41, 5.74) is 1.56. The number of hydrogen-bond acceptors (Lipinski definition) is 5. The fraction of sp³-hybridized carbons (Fsp3) is 0.476. The Bertz CT molecular complexity index is 760. The number of aromatic nitrogens is 1. The van der Waals surface area contributed by atoms with Crippen LogP contribution in [0.4, 0.5) is 5.82 Å². The lowest BCUT2D eigenvalue weighted by Gasteiger charge is -2.41. The van der Waals surface area contributed by atoms with Gasteiger partial charge in [-0.15, -0.1) is 24.2 Å². The number of thioether (sulfide) groups is 1. The molecule has 3 heterocycles. The minimum Gasteiger partial charge on any atom is -0.493 e. The summed E-state index contributed by atoms with van der Waals surface area (Å²) >= 11 is 2.02. The molecule has 2 aliphatic rings. The number of piperazine rings is 1. The first-order valence-electron chi connectivity index (χ1n) is 9.46. The third-order valence-electron chi connectivity index (χ3n) is 5.60. The van der Waals surface area contributed by atoms with Gasteiger partial charge in [0, 0.05) is 42.5 Å². The zero-order valence-electron chi connectivity index (χ0n) is 16.0. The topological polar surface area (TPSA) is 28.6 Å². The highest BCUT2D eigenvalue weighted by Gasteiger charge is 2.28. The van der Waals surface area contributed by atoms with Crippen LogP contribution in [0.15, 0.2) is 47.5 Å². The minimum atomic E-state index is 0. The first-order chi connectivity index (χ1) is 12.8. The highest BCUT2D eigenvalue weighted by molar-refractivity contribution is 7.99. The maximum absolute atomic E-state index is 5.49. The molecule has 2 unspecified atom stereocenters. The predicted molar refractivity (Wildman–Crippen MR) is 116 cm³/mol. The molecule has 0 saturated carbocycles. The van der Waals surface area contributed by atoms with E-state index in [-0.39, 0.29) is 12.4 Å². The third-order valence-corrected chi connectivity index (χ3v) is 6.85. The molecule has 146 valence electrons. The van der Waals surface area contributed by atoms with Crippen LogP contribution in [0.25, 0.3) is 0 Å². The summed E-state index contributed by atoms with van der Waals surface area (Å²) < 4.78 is 5.49. The Hall–Kier alpha value is -1.43. The van der Waals surface area contributed by atoms with Gasteiger partial charge < -0.3 is 9.64 Å². The fourth-order valence-corrected chi connectivity index (χ4v) is 5.39. The fourth-order valence-electron chi connectivity index (χ4n) is 4.09. The number of halogens is 1. The number of nitrogens with zero attached hydrogens (tertiary/aromatic N) is 3. The van der Waals surface area contributed by atoms with E-state index in [1.165, 1.54) is 23.6 Å². The van der Waals surface area contributed by atoms with Gasteiger partial charge in [0.1, 0.15) is 0 Å². The Labute approximate surface area is 172 Å². The van der Waals surface area contributed by atoms with E-state index >= 15 is 0 Å². The molecule has 4 rings (SSSR count). The van der Waals surface area contributed by atoms with Crippen molar-refractivity contribution < 1.29 is 4.74 Å². The van der Waals surface area contributed by atoms with Crippen LogP contribution in [0.1, 0.15) is 24.8 Å². The average molecular weight is 406 g/mol. The van der Waals surface area contributed by atoms with Crippen molar-refractivity contribution in [1.82, 2.24) is 9.88 Å². The van der Waals surface area contributed by atoms with Gasteiger partial charge in [-0.05, 0) is 49.6 Å². The SMILES string of the molecule is COc1cccnc1N1CCN(CCC2CSc3ccccc32)C(C)C1.Cl. The van der Waals surface area contributed by atoms with E-state index in [0.717, 1.165) is 31.2 Å². The van der Waals surface area contributed by atoms with Crippen molar-refractivity contribution >= 4 is 30.0 Å². The quantitative estimate of drug-likeness (QED) is 0.739. The van der Waals surface area contributed by atoms with E-state index < -0.39 is 0 Å². The lowest BCUT2D eigenvalue weighted by molar-refractivity contribution is 0.183. The summed E-state index contributed by atoms with van der Waals surface area (Å²) in [5, 5.41) is 0. The molecular formula is C21H28ClN3OS. The second-order valence-electron chi connectivity index (χ2n) is 7.19. The molecule has 0 radical (unpaired) electrons. The number of hydrogen-bond donors (Lipinski definition) is 0. The van der Waals surface area contributed by atoms with Crippen molar-refractivity contribution in [3.63, 3.8) is 0 Å². The van der Waals surface area contributed by atoms with Gasteiger partial charge >= 0.3 is 0 Å². The van der Waals surface area contributed by atoms with Crippen LogP contribution in [0, 0.1) is 0 Å². The number of methoxy groups -OCH3 is 1. The van der Waals surface area contributed by atoms with Gasteiger partial charge in [-0.25, -0.2) is 4.98 Å². The van der Waals surface area contributed by atoms with Gasteiger partial charge in [0.05, 0.1) is 7.11 Å². The van der Waals surface area contributed by atoms with Crippen molar-refractivity contribution in [3.05, 3.63) is 48.2 Å². The van der Waals surface area contributed by atoms with Gasteiger partial charge in [-0.3, -0.25) is 4.90 Å². The normalized spacial score (nSPS) is 22.2. The van der Waals surface area contributed by atoms with Crippen molar-refractivity contribution in [1.29, 1.82) is 0 Å². The predicted octanol–water partition coefficient (Wildman–Crippen LogP) is 4.30. The Morgan fingerprint density at radius 1 is 1.19 bits per heavy atom. The van der Waals surface area contributed by atoms with Crippen LogP contribution in [0.3, 0.4) is 0 Å². The van der Waals surface area contributed by atoms with E-state index in [1.807, 2.05) is 30.1 Å². The molecule has 2 atom stereocenters. The van der Waals surface area contributed by atoms with Crippen molar-refractivity contribution in [2.24, 2.45) is 0 Å². The lowest BCUT2D eigenvalue weighted by atomic mass is 9.97. The summed E-state index contributed by atoms with van der Waals surface area (Å²) in [5.74, 6) is 3.78. The van der Waals surface area contributed by atoms with Gasteiger partial charge in [0.2, 0.25) is 0 Å². The first-order valence-corrected chi connectivity index (χ1v) is 10.4. The van der Waals surface area contributed by atoms with E-state index in [4.69, 9.17) is 4.74 Å². The highest BCUT2D eigenvalue weighted by atomic mass is 35.5. The second kappa shape index (κ2) is 9.18. The van der Waals surface area contributed by atoms with Gasteiger partial charge in [-0.2, -0.15) is 0 Å². The largest absolute Gasteiger partial charge is 0.493 e. The van der Waals surface area contributed by atoms with Crippen LogP contribution < -0.4 is 9.64 Å². The van der Waals surface area contributed by atoms with Gasteiger partial charge in [0.25, 0.3) is 0 Å². The maximum atomic E-state index is 5.49. The molecule has 1 saturated heterocycles. The number of anilines is 1. The summed E-state index contributed by atoms with van der Waals surface area (Å²) in [7, 11) is 1.72. The molecule has 1 fully saturated rings. The van der Waals surface area contributed by atoms with E-state index in [0.29, 0.717) is 12.0 Å². The monoisotopic (exact) mass is 405 g/mol. The molecule has 2 aromatic rings. The molecule has 1 aromatic heterocycles. The number of benzene rings is 1. The van der Waals surface area contributed by atoms with Crippen molar-refractivity contribution in [3.8, 4) is 5.75 Å². The Morgan fingerprint density at radius 2 is 2.04 bits per heavy atom. The molecule has 6 heteroatoms. The molecule has 0 N–H and O–H groups in total. The zero-order chi connectivity index (χ0) is 17.9. The smallest absolute Gasteiger partial charge is 0.171 e. The molecule has 1 aromatic carbocycles. The van der Waals surface area contributed by atoms with E-state index in [1.54, 1.807) is 12.7 Å². The van der Waals surface area contributed by atoms with Crippen LogP contribution in [-0.4, -0.2) is 55.0 Å². The van der Waals surface area contributed by atoms with Crippen LogP contribution in [-0.2, 0) is 0 Å². The molecule has 0 bridgehead atoms. The standard InChI is InChI=1S/C21H27N3OS.ClH/c1-16-14-24(21-19(25-2)7-5-10-22-21)13-12-23(16)11-9-17-15-26-20-8-4-3-6-18(17)20;/h3-8,10,16-17H,9,11-15H2,1-2H3;1H. The van der Waals surface area contributed by atoms with Crippen molar-refractivity contribution in [2.75, 3.05) is 43.9 Å². The second-order valence-corrected chi connectivity index (χ2v) is 8.26. The molecule has 27 heavy (non-hydrogen) atoms. The Balaban J connectivity index is 0.00000210. The van der Waals surface area contributed by atoms with Crippen molar-refractivity contribution in [2.45, 2.75) is 30.2 Å². The van der Waals surface area contributed by atoms with Crippen LogP contribution in [0.2, 0.25) is 0 Å². The van der Waals surface area contributed by atoms with Crippen LogP contribution in [0.5, 0.6) is 5.75 Å². The number of ether oxygens (including phenoxy) is 1. The van der Waals surface area contributed by atoms with Gasteiger partial charge in [-0.1, -0.05) is 18.2 Å². The molecular weight excluding hydrogens is 378 g/mol. The lowest BCUT2D eigenvalue weighted by Crippen LogP contribution is -2.52. The highest BCUT2D eigenvalue weighted by Crippen LogP contribution is 2.41. The summed E-state index contributed by atoms with van der Waals surface area (Å²) in [6, 6.07) is 13.4. The number of rotatable bonds is 5. The molecule has 2 aliphatic heterocycles. The first kappa shape index (κ1) is 20.3. The third kappa shape index (κ3) is 4.36.